The predicted molar refractivity (Wildman–Crippen MR) is 106 cm³/mol. The number of fused-ring (bicyclic) bond motifs is 1. The molecule has 0 saturated heterocycles. The molecule has 30 heavy (non-hydrogen) atoms. The van der Waals surface area contributed by atoms with E-state index in [4.69, 9.17) is 4.84 Å². The number of aryl methyl sites for hydroxylation is 1. The molecule has 1 aliphatic heterocycles. The van der Waals surface area contributed by atoms with E-state index in [2.05, 4.69) is 4.72 Å². The Balaban J connectivity index is 1.56. The fourth-order valence-corrected chi connectivity index (χ4v) is 5.30. The Hall–Kier alpha value is -3.04. The lowest BCUT2D eigenvalue weighted by Crippen LogP contribution is -2.34. The number of hydrogen-bond acceptors (Lipinski definition) is 6. The third kappa shape index (κ3) is 3.61. The lowest BCUT2D eigenvalue weighted by atomic mass is 10.1. The van der Waals surface area contributed by atoms with Crippen molar-refractivity contribution in [1.29, 1.82) is 0 Å². The average molecular weight is 428 g/mol. The third-order valence-corrected chi connectivity index (χ3v) is 6.98. The number of nitrogens with zero attached hydrogens (tertiary/aromatic N) is 1. The molecule has 0 atom stereocenters. The Bertz CT molecular complexity index is 1120. The molecule has 0 unspecified atom stereocenters. The number of hydroxylamine groups is 2. The van der Waals surface area contributed by atoms with Gasteiger partial charge in [0.1, 0.15) is 0 Å². The summed E-state index contributed by atoms with van der Waals surface area (Å²) in [7, 11) is -3.83. The topological polar surface area (TPSA) is 110 Å². The smallest absolute Gasteiger partial charge is 0.324 e. The molecule has 2 aromatic rings. The standard InChI is InChI=1S/C21H20N2O6S/c1-13-10-11-14(12-18(13)30(27,28)22-15-6-2-3-7-15)21(26)29-23-19(24)16-8-4-5-9-17(16)20(23)25/h4-5,8-12,15,22H,2-3,6-7H2,1H3. The maximum Gasteiger partial charge on any atom is 0.363 e. The van der Waals surface area contributed by atoms with Crippen molar-refractivity contribution < 1.29 is 27.6 Å². The SMILES string of the molecule is Cc1ccc(C(=O)ON2C(=O)c3ccccc3C2=O)cc1S(=O)(=O)NC1CCCC1. The van der Waals surface area contributed by atoms with Crippen LogP contribution in [0.1, 0.15) is 62.3 Å². The third-order valence-electron chi connectivity index (χ3n) is 5.32. The Morgan fingerprint density at radius 1 is 1.03 bits per heavy atom. The molecular formula is C21H20N2O6S. The first-order valence-electron chi connectivity index (χ1n) is 9.61. The molecule has 156 valence electrons. The Morgan fingerprint density at radius 3 is 2.23 bits per heavy atom. The van der Waals surface area contributed by atoms with Crippen LogP contribution in [0.15, 0.2) is 47.4 Å². The van der Waals surface area contributed by atoms with Gasteiger partial charge in [0.15, 0.2) is 0 Å². The summed E-state index contributed by atoms with van der Waals surface area (Å²) in [6, 6.07) is 10.1. The number of rotatable bonds is 5. The largest absolute Gasteiger partial charge is 0.363 e. The minimum atomic E-state index is -3.83. The van der Waals surface area contributed by atoms with Crippen molar-refractivity contribution in [1.82, 2.24) is 9.79 Å². The molecule has 1 fully saturated rings. The van der Waals surface area contributed by atoms with Crippen molar-refractivity contribution in [2.24, 2.45) is 0 Å². The maximum absolute atomic E-state index is 12.8. The molecule has 4 rings (SSSR count). The molecule has 8 nitrogen and oxygen atoms in total. The fourth-order valence-electron chi connectivity index (χ4n) is 3.73. The van der Waals surface area contributed by atoms with Gasteiger partial charge in [-0.25, -0.2) is 17.9 Å². The number of sulfonamides is 1. The predicted octanol–water partition coefficient (Wildman–Crippen LogP) is 2.58. The lowest BCUT2D eigenvalue weighted by Gasteiger charge is -2.16. The van der Waals surface area contributed by atoms with Crippen LogP contribution in [0.5, 0.6) is 0 Å². The van der Waals surface area contributed by atoms with Crippen LogP contribution in [-0.2, 0) is 14.9 Å². The zero-order valence-electron chi connectivity index (χ0n) is 16.3. The summed E-state index contributed by atoms with van der Waals surface area (Å²) in [4.78, 5) is 42.3. The normalized spacial score (nSPS) is 16.8. The van der Waals surface area contributed by atoms with E-state index in [-0.39, 0.29) is 27.6 Å². The van der Waals surface area contributed by atoms with Crippen LogP contribution in [0.3, 0.4) is 0 Å². The first kappa shape index (κ1) is 20.2. The maximum atomic E-state index is 12.8. The second-order valence-electron chi connectivity index (χ2n) is 7.41. The van der Waals surface area contributed by atoms with Gasteiger partial charge in [-0.2, -0.15) is 0 Å². The van der Waals surface area contributed by atoms with Gasteiger partial charge < -0.3 is 4.84 Å². The Kier molecular flexibility index (Phi) is 5.17. The fraction of sp³-hybridized carbons (Fsp3) is 0.286. The number of benzene rings is 2. The van der Waals surface area contributed by atoms with Gasteiger partial charge in [-0.05, 0) is 49.6 Å². The summed E-state index contributed by atoms with van der Waals surface area (Å²) in [6.07, 6.45) is 3.50. The molecule has 2 amide bonds. The number of hydrogen-bond donors (Lipinski definition) is 1. The van der Waals surface area contributed by atoms with Crippen LogP contribution in [0.2, 0.25) is 0 Å². The van der Waals surface area contributed by atoms with Gasteiger partial charge in [0.2, 0.25) is 10.0 Å². The van der Waals surface area contributed by atoms with Gasteiger partial charge in [0.25, 0.3) is 11.8 Å². The quantitative estimate of drug-likeness (QED) is 0.733. The van der Waals surface area contributed by atoms with Crippen molar-refractivity contribution >= 4 is 27.8 Å². The van der Waals surface area contributed by atoms with Gasteiger partial charge >= 0.3 is 5.97 Å². The summed E-state index contributed by atoms with van der Waals surface area (Å²) in [5.41, 5.74) is 0.674. The van der Waals surface area contributed by atoms with E-state index in [1.807, 2.05) is 0 Å². The van der Waals surface area contributed by atoms with Crippen molar-refractivity contribution in [3.63, 3.8) is 0 Å². The summed E-state index contributed by atoms with van der Waals surface area (Å²) < 4.78 is 28.3. The van der Waals surface area contributed by atoms with Gasteiger partial charge in [-0.15, -0.1) is 0 Å². The van der Waals surface area contributed by atoms with E-state index in [0.717, 1.165) is 25.7 Å². The lowest BCUT2D eigenvalue weighted by molar-refractivity contribution is -0.0584. The van der Waals surface area contributed by atoms with Gasteiger partial charge in [-0.1, -0.05) is 36.1 Å². The highest BCUT2D eigenvalue weighted by atomic mass is 32.2. The van der Waals surface area contributed by atoms with Gasteiger partial charge in [-0.3, -0.25) is 9.59 Å². The highest BCUT2D eigenvalue weighted by molar-refractivity contribution is 7.89. The second-order valence-corrected chi connectivity index (χ2v) is 9.09. The summed E-state index contributed by atoms with van der Waals surface area (Å²) >= 11 is 0. The first-order chi connectivity index (χ1) is 14.3. The van der Waals surface area contributed by atoms with E-state index in [0.29, 0.717) is 10.6 Å². The van der Waals surface area contributed by atoms with Crippen LogP contribution in [-0.4, -0.2) is 37.3 Å². The molecule has 0 spiro atoms. The molecule has 0 aromatic heterocycles. The first-order valence-corrected chi connectivity index (χ1v) is 11.1. The zero-order chi connectivity index (χ0) is 21.5. The Morgan fingerprint density at radius 2 is 1.63 bits per heavy atom. The van der Waals surface area contributed by atoms with Gasteiger partial charge in [0.05, 0.1) is 21.6 Å². The monoisotopic (exact) mass is 428 g/mol. The van der Waals surface area contributed by atoms with E-state index in [9.17, 15) is 22.8 Å². The highest BCUT2D eigenvalue weighted by Crippen LogP contribution is 2.25. The van der Waals surface area contributed by atoms with Crippen molar-refractivity contribution in [2.75, 3.05) is 0 Å². The van der Waals surface area contributed by atoms with E-state index in [1.54, 1.807) is 19.1 Å². The van der Waals surface area contributed by atoms with E-state index in [1.165, 1.54) is 30.3 Å². The van der Waals surface area contributed by atoms with Crippen molar-refractivity contribution in [3.8, 4) is 0 Å². The molecule has 2 aliphatic rings. The van der Waals surface area contributed by atoms with E-state index >= 15 is 0 Å². The number of carbonyl (C=O) groups excluding carboxylic acids is 3. The molecule has 9 heteroatoms. The molecule has 1 N–H and O–H groups in total. The average Bonchev–Trinajstić information content (AvgIpc) is 3.30. The second kappa shape index (κ2) is 7.66. The van der Waals surface area contributed by atoms with Crippen LogP contribution < -0.4 is 4.72 Å². The summed E-state index contributed by atoms with van der Waals surface area (Å²) in [5, 5.41) is 0.401. The Labute approximate surface area is 173 Å². The number of nitrogens with one attached hydrogen (secondary N) is 1. The van der Waals surface area contributed by atoms with E-state index < -0.39 is 27.8 Å². The van der Waals surface area contributed by atoms with Crippen molar-refractivity contribution in [2.45, 2.75) is 43.5 Å². The summed E-state index contributed by atoms with van der Waals surface area (Å²) in [6.45, 7) is 1.63. The molecule has 0 bridgehead atoms. The molecule has 0 radical (unpaired) electrons. The van der Waals surface area contributed by atoms with Gasteiger partial charge in [0, 0.05) is 6.04 Å². The van der Waals surface area contributed by atoms with Crippen LogP contribution in [0.25, 0.3) is 0 Å². The molecule has 1 heterocycles. The molecular weight excluding hydrogens is 408 g/mol. The number of carbonyl (C=O) groups is 3. The minimum absolute atomic E-state index is 0.0359. The van der Waals surface area contributed by atoms with Crippen LogP contribution in [0.4, 0.5) is 0 Å². The molecule has 1 saturated carbocycles. The molecule has 1 aliphatic carbocycles. The minimum Gasteiger partial charge on any atom is -0.324 e. The zero-order valence-corrected chi connectivity index (χ0v) is 17.1. The number of imide groups is 1. The van der Waals surface area contributed by atoms with Crippen LogP contribution >= 0.6 is 0 Å². The number of amides is 2. The molecule has 2 aromatic carbocycles. The summed E-state index contributed by atoms with van der Waals surface area (Å²) in [5.74, 6) is -2.49. The van der Waals surface area contributed by atoms with Crippen LogP contribution in [0, 0.1) is 6.92 Å². The van der Waals surface area contributed by atoms with Crippen molar-refractivity contribution in [3.05, 3.63) is 64.7 Å². The highest BCUT2D eigenvalue weighted by Gasteiger charge is 2.39.